The second kappa shape index (κ2) is 6.51. The highest BCUT2D eigenvalue weighted by atomic mass is 79.9. The standard InChI is InChI=1S/C16H21BrClN3/c1-4-11(2)21-8-7-13(20-21)10-16(3,19)14-6-5-12(17)9-15(14)18/h5-9,11H,4,10,19H2,1-3H3. The summed E-state index contributed by atoms with van der Waals surface area (Å²) in [7, 11) is 0. The van der Waals surface area contributed by atoms with E-state index in [0.717, 1.165) is 22.2 Å². The Morgan fingerprint density at radius 3 is 2.76 bits per heavy atom. The number of hydrogen-bond acceptors (Lipinski definition) is 2. The summed E-state index contributed by atoms with van der Waals surface area (Å²) in [6.45, 7) is 6.30. The molecule has 0 aliphatic carbocycles. The zero-order valence-corrected chi connectivity index (χ0v) is 14.9. The van der Waals surface area contributed by atoms with Gasteiger partial charge >= 0.3 is 0 Å². The first-order valence-electron chi connectivity index (χ1n) is 7.12. The van der Waals surface area contributed by atoms with Gasteiger partial charge in [-0.25, -0.2) is 0 Å². The van der Waals surface area contributed by atoms with Gasteiger partial charge in [0.2, 0.25) is 0 Å². The van der Waals surface area contributed by atoms with Gasteiger partial charge in [-0.05, 0) is 44.0 Å². The van der Waals surface area contributed by atoms with Crippen molar-refractivity contribution in [3.8, 4) is 0 Å². The minimum Gasteiger partial charge on any atom is -0.321 e. The number of halogens is 2. The molecular weight excluding hydrogens is 350 g/mol. The molecule has 0 aliphatic heterocycles. The SMILES string of the molecule is CCC(C)n1ccc(CC(C)(N)c2ccc(Br)cc2Cl)n1. The molecule has 0 amide bonds. The Bertz CT molecular complexity index is 622. The predicted molar refractivity (Wildman–Crippen MR) is 91.6 cm³/mol. The Labute approximate surface area is 139 Å². The number of nitrogens with zero attached hydrogens (tertiary/aromatic N) is 2. The number of nitrogens with two attached hydrogens (primary N) is 1. The van der Waals surface area contributed by atoms with Crippen LogP contribution in [0.2, 0.25) is 5.02 Å². The normalized spacial score (nSPS) is 15.7. The van der Waals surface area contributed by atoms with Gasteiger partial charge < -0.3 is 5.73 Å². The summed E-state index contributed by atoms with van der Waals surface area (Å²) in [5, 5.41) is 5.30. The van der Waals surface area contributed by atoms with Crippen LogP contribution in [0.25, 0.3) is 0 Å². The van der Waals surface area contributed by atoms with Crippen molar-refractivity contribution in [2.75, 3.05) is 0 Å². The predicted octanol–water partition coefficient (Wildman–Crippen LogP) is 4.69. The Morgan fingerprint density at radius 2 is 2.14 bits per heavy atom. The maximum absolute atomic E-state index is 6.49. The molecule has 0 bridgehead atoms. The molecule has 0 aliphatic rings. The van der Waals surface area contributed by atoms with E-state index < -0.39 is 5.54 Å². The van der Waals surface area contributed by atoms with Gasteiger partial charge in [0.25, 0.3) is 0 Å². The largest absolute Gasteiger partial charge is 0.321 e. The Kier molecular flexibility index (Phi) is 5.12. The van der Waals surface area contributed by atoms with E-state index in [1.54, 1.807) is 0 Å². The lowest BCUT2D eigenvalue weighted by atomic mass is 9.88. The third-order valence-corrected chi connectivity index (χ3v) is 4.61. The van der Waals surface area contributed by atoms with Crippen molar-refractivity contribution in [3.63, 3.8) is 0 Å². The Balaban J connectivity index is 2.22. The van der Waals surface area contributed by atoms with Crippen LogP contribution < -0.4 is 5.73 Å². The third kappa shape index (κ3) is 3.87. The minimum absolute atomic E-state index is 0.402. The van der Waals surface area contributed by atoms with Gasteiger partial charge in [-0.1, -0.05) is 40.5 Å². The zero-order valence-electron chi connectivity index (χ0n) is 12.6. The summed E-state index contributed by atoms with van der Waals surface area (Å²) in [6, 6.07) is 8.24. The molecule has 2 atom stereocenters. The van der Waals surface area contributed by atoms with E-state index in [1.165, 1.54) is 0 Å². The molecule has 0 fully saturated rings. The van der Waals surface area contributed by atoms with E-state index in [0.29, 0.717) is 17.5 Å². The van der Waals surface area contributed by atoms with E-state index in [1.807, 2.05) is 42.1 Å². The molecule has 1 heterocycles. The van der Waals surface area contributed by atoms with Gasteiger partial charge in [-0.15, -0.1) is 0 Å². The molecule has 2 N–H and O–H groups in total. The molecule has 2 rings (SSSR count). The molecule has 21 heavy (non-hydrogen) atoms. The fourth-order valence-electron chi connectivity index (χ4n) is 2.33. The van der Waals surface area contributed by atoms with Crippen LogP contribution in [0.4, 0.5) is 0 Å². The lowest BCUT2D eigenvalue weighted by Crippen LogP contribution is -2.36. The van der Waals surface area contributed by atoms with Gasteiger partial charge in [0.15, 0.2) is 0 Å². The molecule has 5 heteroatoms. The highest BCUT2D eigenvalue weighted by Gasteiger charge is 2.25. The average molecular weight is 371 g/mol. The molecule has 0 radical (unpaired) electrons. The topological polar surface area (TPSA) is 43.8 Å². The highest BCUT2D eigenvalue weighted by molar-refractivity contribution is 9.10. The molecular formula is C16H21BrClN3. The number of hydrogen-bond donors (Lipinski definition) is 1. The van der Waals surface area contributed by atoms with Crippen molar-refractivity contribution in [1.29, 1.82) is 0 Å². The van der Waals surface area contributed by atoms with Crippen molar-refractivity contribution in [1.82, 2.24) is 9.78 Å². The van der Waals surface area contributed by atoms with Crippen LogP contribution in [0.5, 0.6) is 0 Å². The Hall–Kier alpha value is -0.840. The van der Waals surface area contributed by atoms with E-state index in [4.69, 9.17) is 17.3 Å². The van der Waals surface area contributed by atoms with Gasteiger partial charge in [-0.3, -0.25) is 4.68 Å². The van der Waals surface area contributed by atoms with Crippen LogP contribution in [0.3, 0.4) is 0 Å². The molecule has 0 saturated carbocycles. The molecule has 2 unspecified atom stereocenters. The second-order valence-corrected chi connectivity index (χ2v) is 7.09. The van der Waals surface area contributed by atoms with Crippen LogP contribution in [0.1, 0.15) is 44.5 Å². The zero-order chi connectivity index (χ0) is 15.6. The Morgan fingerprint density at radius 1 is 1.43 bits per heavy atom. The van der Waals surface area contributed by atoms with Crippen LogP contribution in [-0.4, -0.2) is 9.78 Å². The number of benzene rings is 1. The van der Waals surface area contributed by atoms with E-state index >= 15 is 0 Å². The van der Waals surface area contributed by atoms with Gasteiger partial charge in [0.1, 0.15) is 0 Å². The van der Waals surface area contributed by atoms with Crippen molar-refractivity contribution in [3.05, 3.63) is 51.2 Å². The second-order valence-electron chi connectivity index (χ2n) is 5.76. The van der Waals surface area contributed by atoms with E-state index in [-0.39, 0.29) is 0 Å². The molecule has 1 aromatic carbocycles. The summed E-state index contributed by atoms with van der Waals surface area (Å²) in [4.78, 5) is 0. The van der Waals surface area contributed by atoms with Crippen LogP contribution in [-0.2, 0) is 12.0 Å². The van der Waals surface area contributed by atoms with E-state index in [2.05, 4.69) is 34.9 Å². The van der Waals surface area contributed by atoms with E-state index in [9.17, 15) is 0 Å². The number of rotatable bonds is 5. The molecule has 1 aromatic heterocycles. The summed E-state index contributed by atoms with van der Waals surface area (Å²) in [5.74, 6) is 0. The maximum Gasteiger partial charge on any atom is 0.0646 e. The third-order valence-electron chi connectivity index (χ3n) is 3.80. The van der Waals surface area contributed by atoms with Crippen LogP contribution >= 0.6 is 27.5 Å². The lowest BCUT2D eigenvalue weighted by molar-refractivity contribution is 0.452. The average Bonchev–Trinajstić information content (AvgIpc) is 2.85. The van der Waals surface area contributed by atoms with Gasteiger partial charge in [0.05, 0.1) is 5.69 Å². The molecule has 0 spiro atoms. The van der Waals surface area contributed by atoms with Crippen molar-refractivity contribution in [2.24, 2.45) is 5.73 Å². The highest BCUT2D eigenvalue weighted by Crippen LogP contribution is 2.31. The minimum atomic E-state index is -0.549. The van der Waals surface area contributed by atoms with Crippen molar-refractivity contribution >= 4 is 27.5 Å². The summed E-state index contributed by atoms with van der Waals surface area (Å²) >= 11 is 9.74. The smallest absolute Gasteiger partial charge is 0.0646 e. The summed E-state index contributed by atoms with van der Waals surface area (Å²) in [6.07, 6.45) is 3.72. The van der Waals surface area contributed by atoms with Crippen LogP contribution in [0.15, 0.2) is 34.9 Å². The first-order chi connectivity index (χ1) is 9.83. The fraction of sp³-hybridized carbons (Fsp3) is 0.438. The molecule has 3 nitrogen and oxygen atoms in total. The molecule has 2 aromatic rings. The van der Waals surface area contributed by atoms with Crippen molar-refractivity contribution in [2.45, 2.75) is 45.2 Å². The number of aromatic nitrogens is 2. The molecule has 0 saturated heterocycles. The van der Waals surface area contributed by atoms with Gasteiger partial charge in [0, 0.05) is 33.7 Å². The monoisotopic (exact) mass is 369 g/mol. The molecule has 114 valence electrons. The summed E-state index contributed by atoms with van der Waals surface area (Å²) < 4.78 is 2.95. The van der Waals surface area contributed by atoms with Gasteiger partial charge in [-0.2, -0.15) is 5.10 Å². The van der Waals surface area contributed by atoms with Crippen molar-refractivity contribution < 1.29 is 0 Å². The summed E-state index contributed by atoms with van der Waals surface area (Å²) in [5.41, 5.74) is 7.86. The quantitative estimate of drug-likeness (QED) is 0.830. The maximum atomic E-state index is 6.49. The fourth-order valence-corrected chi connectivity index (χ4v) is 3.22. The lowest BCUT2D eigenvalue weighted by Gasteiger charge is -2.25. The van der Waals surface area contributed by atoms with Crippen LogP contribution in [0, 0.1) is 0 Å². The first-order valence-corrected chi connectivity index (χ1v) is 8.29. The first kappa shape index (κ1) is 16.5.